The molecule has 2 amide bonds. The fraction of sp³-hybridized carbons (Fsp3) is 0.375. The van der Waals surface area contributed by atoms with E-state index in [0.29, 0.717) is 21.4 Å². The van der Waals surface area contributed by atoms with E-state index in [1.165, 1.54) is 25.2 Å². The van der Waals surface area contributed by atoms with Gasteiger partial charge < -0.3 is 19.7 Å². The maximum atomic E-state index is 14.4. The number of halogens is 2. The number of hydrogen-bond donors (Lipinski definition) is 1. The topological polar surface area (TPSA) is 105 Å². The second-order valence-electron chi connectivity index (χ2n) is 10.7. The Morgan fingerprint density at radius 1 is 0.955 bits per heavy atom. The Morgan fingerprint density at radius 2 is 1.61 bits per heavy atom. The molecule has 1 N–H and O–H groups in total. The lowest BCUT2D eigenvalue weighted by atomic mass is 10.0. The largest absolute Gasteiger partial charge is 0.497 e. The predicted molar refractivity (Wildman–Crippen MR) is 173 cm³/mol. The average molecular weight is 663 g/mol. The summed E-state index contributed by atoms with van der Waals surface area (Å²) in [5, 5.41) is 3.77. The smallest absolute Gasteiger partial charge is 0.244 e. The fourth-order valence-corrected chi connectivity index (χ4v) is 6.72. The van der Waals surface area contributed by atoms with Crippen molar-refractivity contribution in [3.05, 3.63) is 87.9 Å². The van der Waals surface area contributed by atoms with Gasteiger partial charge in [-0.3, -0.25) is 13.9 Å². The molecule has 0 unspecified atom stereocenters. The Kier molecular flexibility index (Phi) is 11.4. The second-order valence-corrected chi connectivity index (χ2v) is 13.4. The number of sulfonamides is 1. The summed E-state index contributed by atoms with van der Waals surface area (Å²) in [6.07, 6.45) is 4.92. The van der Waals surface area contributed by atoms with Crippen molar-refractivity contribution >= 4 is 50.7 Å². The van der Waals surface area contributed by atoms with Crippen molar-refractivity contribution in [3.8, 4) is 11.5 Å². The van der Waals surface area contributed by atoms with Crippen LogP contribution >= 0.6 is 23.2 Å². The molecule has 0 heterocycles. The van der Waals surface area contributed by atoms with Gasteiger partial charge in [0.25, 0.3) is 0 Å². The van der Waals surface area contributed by atoms with E-state index in [0.717, 1.165) is 41.8 Å². The first kappa shape index (κ1) is 33.4. The molecule has 1 aliphatic carbocycles. The monoisotopic (exact) mass is 661 g/mol. The van der Waals surface area contributed by atoms with Crippen LogP contribution in [-0.4, -0.2) is 64.2 Å². The fourth-order valence-electron chi connectivity index (χ4n) is 5.36. The third-order valence-corrected chi connectivity index (χ3v) is 9.53. The number of rotatable bonds is 13. The zero-order valence-corrected chi connectivity index (χ0v) is 27.3. The number of benzene rings is 3. The second kappa shape index (κ2) is 15.0. The lowest BCUT2D eigenvalue weighted by molar-refractivity contribution is -0.140. The van der Waals surface area contributed by atoms with E-state index >= 15 is 0 Å². The Hall–Kier alpha value is -3.47. The van der Waals surface area contributed by atoms with Crippen LogP contribution in [0.2, 0.25) is 10.0 Å². The van der Waals surface area contributed by atoms with Gasteiger partial charge in [0.05, 0.1) is 26.2 Å². The van der Waals surface area contributed by atoms with E-state index in [4.69, 9.17) is 32.7 Å². The van der Waals surface area contributed by atoms with Crippen molar-refractivity contribution in [3.63, 3.8) is 0 Å². The summed E-state index contributed by atoms with van der Waals surface area (Å²) in [6, 6.07) is 18.0. The van der Waals surface area contributed by atoms with Crippen LogP contribution in [-0.2, 0) is 32.6 Å². The van der Waals surface area contributed by atoms with Gasteiger partial charge in [-0.05, 0) is 42.7 Å². The number of amides is 2. The zero-order valence-electron chi connectivity index (χ0n) is 25.0. The van der Waals surface area contributed by atoms with Gasteiger partial charge in [-0.2, -0.15) is 0 Å². The highest BCUT2D eigenvalue weighted by atomic mass is 35.5. The first-order chi connectivity index (χ1) is 21.0. The van der Waals surface area contributed by atoms with Crippen LogP contribution in [0.25, 0.3) is 0 Å². The standard InChI is InChI=1S/C32H37Cl2N3O6S/c1-42-24-16-17-30(43-2)28(19-24)37(44(3,40)41)21-31(38)36(20-25-26(33)14-9-15-27(25)34)29(18-22-10-5-4-6-11-22)32(39)35-23-12-7-8-13-23/h4-6,9-11,14-17,19,23,29H,7-8,12-13,18,20-21H2,1-3H3,(H,35,39)/t29-/m0/s1. The van der Waals surface area contributed by atoms with Gasteiger partial charge in [0, 0.05) is 40.7 Å². The molecule has 12 heteroatoms. The van der Waals surface area contributed by atoms with Gasteiger partial charge in [0.15, 0.2) is 0 Å². The highest BCUT2D eigenvalue weighted by Crippen LogP contribution is 2.34. The minimum Gasteiger partial charge on any atom is -0.497 e. The molecule has 1 atom stereocenters. The summed E-state index contributed by atoms with van der Waals surface area (Å²) in [7, 11) is -1.16. The SMILES string of the molecule is COc1ccc(OC)c(N(CC(=O)N(Cc2c(Cl)cccc2Cl)[C@@H](Cc2ccccc2)C(=O)NC2CCCC2)S(C)(=O)=O)c1. The van der Waals surface area contributed by atoms with Crippen molar-refractivity contribution in [2.75, 3.05) is 31.3 Å². The lowest BCUT2D eigenvalue weighted by Gasteiger charge is -2.34. The van der Waals surface area contributed by atoms with Crippen LogP contribution in [0.5, 0.6) is 11.5 Å². The third kappa shape index (κ3) is 8.37. The Morgan fingerprint density at radius 3 is 2.20 bits per heavy atom. The average Bonchev–Trinajstić information content (AvgIpc) is 3.51. The minimum atomic E-state index is -4.02. The summed E-state index contributed by atoms with van der Waals surface area (Å²) < 4.78 is 38.1. The number of ether oxygens (including phenoxy) is 2. The maximum absolute atomic E-state index is 14.4. The molecule has 0 aliphatic heterocycles. The molecule has 1 aliphatic rings. The van der Waals surface area contributed by atoms with Crippen molar-refractivity contribution in [2.45, 2.75) is 50.7 Å². The van der Waals surface area contributed by atoms with E-state index in [2.05, 4.69) is 5.32 Å². The maximum Gasteiger partial charge on any atom is 0.244 e. The van der Waals surface area contributed by atoms with Crippen LogP contribution in [0.4, 0.5) is 5.69 Å². The van der Waals surface area contributed by atoms with Crippen LogP contribution in [0, 0.1) is 0 Å². The van der Waals surface area contributed by atoms with Gasteiger partial charge in [-0.25, -0.2) is 8.42 Å². The molecule has 3 aromatic carbocycles. The molecule has 9 nitrogen and oxygen atoms in total. The first-order valence-electron chi connectivity index (χ1n) is 14.3. The molecule has 1 saturated carbocycles. The molecular formula is C32H37Cl2N3O6S. The molecule has 0 spiro atoms. The predicted octanol–water partition coefficient (Wildman–Crippen LogP) is 5.48. The van der Waals surface area contributed by atoms with E-state index in [1.54, 1.807) is 30.3 Å². The summed E-state index contributed by atoms with van der Waals surface area (Å²) in [4.78, 5) is 29.8. The number of methoxy groups -OCH3 is 2. The quantitative estimate of drug-likeness (QED) is 0.260. The summed E-state index contributed by atoms with van der Waals surface area (Å²) in [6.45, 7) is -0.744. The first-order valence-corrected chi connectivity index (χ1v) is 16.9. The molecule has 0 radical (unpaired) electrons. The molecular weight excluding hydrogens is 625 g/mol. The Bertz CT molecular complexity index is 1550. The normalized spacial score (nSPS) is 14.1. The molecule has 44 heavy (non-hydrogen) atoms. The number of hydrogen-bond acceptors (Lipinski definition) is 6. The van der Waals surface area contributed by atoms with E-state index in [-0.39, 0.29) is 36.4 Å². The van der Waals surface area contributed by atoms with Gasteiger partial charge in [0.2, 0.25) is 21.8 Å². The Labute approximate surface area is 269 Å². The summed E-state index contributed by atoms with van der Waals surface area (Å²) >= 11 is 13.1. The van der Waals surface area contributed by atoms with Gasteiger partial charge in [-0.15, -0.1) is 0 Å². The number of nitrogens with one attached hydrogen (secondary N) is 1. The zero-order chi connectivity index (χ0) is 31.9. The van der Waals surface area contributed by atoms with Crippen LogP contribution in [0.1, 0.15) is 36.8 Å². The van der Waals surface area contributed by atoms with E-state index in [1.807, 2.05) is 30.3 Å². The number of anilines is 1. The highest BCUT2D eigenvalue weighted by Gasteiger charge is 2.35. The highest BCUT2D eigenvalue weighted by molar-refractivity contribution is 7.92. The van der Waals surface area contributed by atoms with E-state index in [9.17, 15) is 18.0 Å². The lowest BCUT2D eigenvalue weighted by Crippen LogP contribution is -2.54. The number of nitrogens with zero attached hydrogens (tertiary/aromatic N) is 2. The van der Waals surface area contributed by atoms with Gasteiger partial charge in [0.1, 0.15) is 24.1 Å². The molecule has 1 fully saturated rings. The summed E-state index contributed by atoms with van der Waals surface area (Å²) in [5.41, 5.74) is 1.39. The Balaban J connectivity index is 1.80. The molecule has 0 aromatic heterocycles. The molecule has 0 saturated heterocycles. The van der Waals surface area contributed by atoms with Crippen LogP contribution in [0.3, 0.4) is 0 Å². The van der Waals surface area contributed by atoms with Crippen LogP contribution < -0.4 is 19.1 Å². The van der Waals surface area contributed by atoms with Crippen molar-refractivity contribution in [1.29, 1.82) is 0 Å². The number of carbonyl (C=O) groups excluding carboxylic acids is 2. The number of carbonyl (C=O) groups is 2. The molecule has 0 bridgehead atoms. The van der Waals surface area contributed by atoms with Gasteiger partial charge in [-0.1, -0.05) is 72.4 Å². The van der Waals surface area contributed by atoms with Crippen molar-refractivity contribution in [2.24, 2.45) is 0 Å². The van der Waals surface area contributed by atoms with Gasteiger partial charge >= 0.3 is 0 Å². The third-order valence-electron chi connectivity index (χ3n) is 7.70. The molecule has 3 aromatic rings. The van der Waals surface area contributed by atoms with Crippen molar-refractivity contribution < 1.29 is 27.5 Å². The molecule has 236 valence electrons. The molecule has 4 rings (SSSR count). The summed E-state index contributed by atoms with van der Waals surface area (Å²) in [5.74, 6) is -0.357. The minimum absolute atomic E-state index is 0.00445. The van der Waals surface area contributed by atoms with Crippen LogP contribution in [0.15, 0.2) is 66.7 Å². The van der Waals surface area contributed by atoms with Crippen molar-refractivity contribution in [1.82, 2.24) is 10.2 Å². The van der Waals surface area contributed by atoms with E-state index < -0.39 is 28.5 Å².